The fourth-order valence-corrected chi connectivity index (χ4v) is 2.07. The van der Waals surface area contributed by atoms with E-state index >= 15 is 0 Å². The van der Waals surface area contributed by atoms with Crippen molar-refractivity contribution in [3.05, 3.63) is 47.3 Å². The molecule has 3 heteroatoms. The van der Waals surface area contributed by atoms with E-state index in [2.05, 4.69) is 0 Å². The van der Waals surface area contributed by atoms with Gasteiger partial charge in [-0.3, -0.25) is 0 Å². The number of hydrogen-bond acceptors (Lipinski definition) is 3. The number of hydrogen-bond donors (Lipinski definition) is 1. The molecule has 1 aliphatic carbocycles. The zero-order chi connectivity index (χ0) is 12.8. The molecule has 96 valence electrons. The number of aliphatic hydroxyl groups excluding tert-OH is 1. The number of allylic oxidation sites excluding steroid dienone is 4. The third-order valence-corrected chi connectivity index (χ3v) is 3.05. The molecule has 1 N–H and O–H groups in total. The number of fused-ring (bicyclic) bond motifs is 1. The van der Waals surface area contributed by atoms with Crippen molar-refractivity contribution >= 4 is 5.97 Å². The van der Waals surface area contributed by atoms with Gasteiger partial charge in [-0.25, -0.2) is 4.79 Å². The number of rotatable bonds is 7. The molecular weight excluding hydrogens is 228 g/mol. The van der Waals surface area contributed by atoms with Crippen LogP contribution in [0.25, 0.3) is 0 Å². The SMILES string of the molecule is O=C1OC2=CC=CC2=C1C=CCCCCCCO. The van der Waals surface area contributed by atoms with Crippen LogP contribution in [-0.4, -0.2) is 17.7 Å². The van der Waals surface area contributed by atoms with Crippen LogP contribution in [0.2, 0.25) is 0 Å². The third kappa shape index (κ3) is 2.99. The molecule has 0 spiro atoms. The van der Waals surface area contributed by atoms with Gasteiger partial charge in [0.05, 0.1) is 5.57 Å². The molecule has 0 fully saturated rings. The predicted octanol–water partition coefficient (Wildman–Crippen LogP) is 2.79. The van der Waals surface area contributed by atoms with Crippen molar-refractivity contribution in [2.75, 3.05) is 6.61 Å². The highest BCUT2D eigenvalue weighted by atomic mass is 16.5. The third-order valence-electron chi connectivity index (χ3n) is 3.05. The Morgan fingerprint density at radius 1 is 1.22 bits per heavy atom. The van der Waals surface area contributed by atoms with Crippen LogP contribution in [0.15, 0.2) is 47.3 Å². The summed E-state index contributed by atoms with van der Waals surface area (Å²) in [6.45, 7) is 0.277. The Morgan fingerprint density at radius 3 is 2.89 bits per heavy atom. The summed E-state index contributed by atoms with van der Waals surface area (Å²) in [5.41, 5.74) is 1.56. The summed E-state index contributed by atoms with van der Waals surface area (Å²) in [6.07, 6.45) is 14.6. The molecule has 1 aliphatic heterocycles. The normalized spacial score (nSPS) is 17.6. The molecule has 0 unspecified atom stereocenters. The molecule has 2 aliphatic rings. The number of esters is 1. The molecule has 0 saturated heterocycles. The Bertz CT molecular complexity index is 439. The Labute approximate surface area is 107 Å². The van der Waals surface area contributed by atoms with Crippen LogP contribution in [-0.2, 0) is 9.53 Å². The van der Waals surface area contributed by atoms with E-state index in [9.17, 15) is 4.79 Å². The Kier molecular flexibility index (Phi) is 4.53. The monoisotopic (exact) mass is 246 g/mol. The second kappa shape index (κ2) is 6.36. The number of carbonyl (C=O) groups is 1. The standard InChI is InChI=1S/C15H18O3/c16-11-6-4-2-1-3-5-8-13-12-9-7-10-14(12)18-15(13)17/h5,7-10,16H,1-4,6,11H2. The minimum atomic E-state index is -0.253. The highest BCUT2D eigenvalue weighted by molar-refractivity contribution is 5.98. The van der Waals surface area contributed by atoms with E-state index in [-0.39, 0.29) is 12.6 Å². The Balaban J connectivity index is 1.79. The van der Waals surface area contributed by atoms with E-state index in [4.69, 9.17) is 9.84 Å². The predicted molar refractivity (Wildman–Crippen MR) is 69.7 cm³/mol. The van der Waals surface area contributed by atoms with Crippen molar-refractivity contribution in [3.63, 3.8) is 0 Å². The molecule has 0 amide bonds. The first kappa shape index (κ1) is 12.8. The van der Waals surface area contributed by atoms with E-state index in [0.717, 1.165) is 37.7 Å². The summed E-state index contributed by atoms with van der Waals surface area (Å²) >= 11 is 0. The zero-order valence-corrected chi connectivity index (χ0v) is 10.4. The molecule has 0 aromatic rings. The number of carbonyl (C=O) groups excluding carboxylic acids is 1. The highest BCUT2D eigenvalue weighted by Crippen LogP contribution is 2.31. The zero-order valence-electron chi connectivity index (χ0n) is 10.4. The molecule has 0 atom stereocenters. The lowest BCUT2D eigenvalue weighted by atomic mass is 10.1. The summed E-state index contributed by atoms with van der Waals surface area (Å²) in [7, 11) is 0. The van der Waals surface area contributed by atoms with E-state index < -0.39 is 0 Å². The quantitative estimate of drug-likeness (QED) is 0.555. The molecule has 0 aromatic heterocycles. The van der Waals surface area contributed by atoms with Gasteiger partial charge in [0.1, 0.15) is 5.76 Å². The number of unbranched alkanes of at least 4 members (excludes halogenated alkanes) is 4. The Morgan fingerprint density at radius 2 is 2.06 bits per heavy atom. The van der Waals surface area contributed by atoms with Gasteiger partial charge in [-0.1, -0.05) is 37.1 Å². The van der Waals surface area contributed by atoms with Crippen molar-refractivity contribution in [1.29, 1.82) is 0 Å². The average molecular weight is 246 g/mol. The van der Waals surface area contributed by atoms with Crippen molar-refractivity contribution in [1.82, 2.24) is 0 Å². The second-order valence-corrected chi connectivity index (χ2v) is 4.44. The molecule has 0 saturated carbocycles. The van der Waals surface area contributed by atoms with Gasteiger partial charge in [0, 0.05) is 12.2 Å². The van der Waals surface area contributed by atoms with Gasteiger partial charge in [0.15, 0.2) is 0 Å². The lowest BCUT2D eigenvalue weighted by Crippen LogP contribution is -1.96. The van der Waals surface area contributed by atoms with E-state index in [0.29, 0.717) is 11.3 Å². The fourth-order valence-electron chi connectivity index (χ4n) is 2.07. The molecule has 0 bridgehead atoms. The molecule has 0 radical (unpaired) electrons. The first-order chi connectivity index (χ1) is 8.83. The minimum absolute atomic E-state index is 0.253. The summed E-state index contributed by atoms with van der Waals surface area (Å²) in [5.74, 6) is 0.416. The summed E-state index contributed by atoms with van der Waals surface area (Å²) in [6, 6.07) is 0. The van der Waals surface area contributed by atoms with Crippen molar-refractivity contribution < 1.29 is 14.6 Å². The topological polar surface area (TPSA) is 46.5 Å². The van der Waals surface area contributed by atoms with Crippen molar-refractivity contribution in [3.8, 4) is 0 Å². The molecule has 3 nitrogen and oxygen atoms in total. The van der Waals surface area contributed by atoms with Crippen LogP contribution in [0, 0.1) is 0 Å². The smallest absolute Gasteiger partial charge is 0.344 e. The first-order valence-electron chi connectivity index (χ1n) is 6.45. The minimum Gasteiger partial charge on any atom is -0.422 e. The fraction of sp³-hybridized carbons (Fsp3) is 0.400. The second-order valence-electron chi connectivity index (χ2n) is 4.44. The van der Waals surface area contributed by atoms with E-state index in [1.165, 1.54) is 0 Å². The molecule has 0 aromatic carbocycles. The maximum absolute atomic E-state index is 11.6. The van der Waals surface area contributed by atoms with Crippen LogP contribution in [0.5, 0.6) is 0 Å². The number of ether oxygens (including phenoxy) is 1. The van der Waals surface area contributed by atoms with Gasteiger partial charge in [-0.05, 0) is 25.3 Å². The highest BCUT2D eigenvalue weighted by Gasteiger charge is 2.27. The van der Waals surface area contributed by atoms with Crippen LogP contribution in [0.1, 0.15) is 32.1 Å². The summed E-state index contributed by atoms with van der Waals surface area (Å²) in [4.78, 5) is 11.6. The molecule has 2 rings (SSSR count). The van der Waals surface area contributed by atoms with Gasteiger partial charge >= 0.3 is 5.97 Å². The van der Waals surface area contributed by atoms with Gasteiger partial charge in [0.2, 0.25) is 0 Å². The maximum atomic E-state index is 11.6. The van der Waals surface area contributed by atoms with E-state index in [1.54, 1.807) is 0 Å². The van der Waals surface area contributed by atoms with Crippen LogP contribution in [0.4, 0.5) is 0 Å². The average Bonchev–Trinajstić information content (AvgIpc) is 2.90. The van der Waals surface area contributed by atoms with Crippen molar-refractivity contribution in [2.24, 2.45) is 0 Å². The van der Waals surface area contributed by atoms with Crippen LogP contribution < -0.4 is 0 Å². The van der Waals surface area contributed by atoms with Gasteiger partial charge < -0.3 is 9.84 Å². The summed E-state index contributed by atoms with van der Waals surface area (Å²) in [5, 5.41) is 8.65. The lowest BCUT2D eigenvalue weighted by molar-refractivity contribution is -0.132. The molecular formula is C15H18O3. The molecule has 18 heavy (non-hydrogen) atoms. The Hall–Kier alpha value is -1.61. The van der Waals surface area contributed by atoms with E-state index in [1.807, 2.05) is 30.4 Å². The summed E-state index contributed by atoms with van der Waals surface area (Å²) < 4.78 is 5.11. The largest absolute Gasteiger partial charge is 0.422 e. The number of aliphatic hydroxyl groups is 1. The molecule has 1 heterocycles. The van der Waals surface area contributed by atoms with Crippen LogP contribution >= 0.6 is 0 Å². The van der Waals surface area contributed by atoms with Crippen LogP contribution in [0.3, 0.4) is 0 Å². The first-order valence-corrected chi connectivity index (χ1v) is 6.45. The maximum Gasteiger partial charge on any atom is 0.344 e. The lowest BCUT2D eigenvalue weighted by Gasteiger charge is -1.96. The van der Waals surface area contributed by atoms with Gasteiger partial charge in [-0.2, -0.15) is 0 Å². The van der Waals surface area contributed by atoms with Gasteiger partial charge in [-0.15, -0.1) is 0 Å². The van der Waals surface area contributed by atoms with Gasteiger partial charge in [0.25, 0.3) is 0 Å². The van der Waals surface area contributed by atoms with Crippen molar-refractivity contribution in [2.45, 2.75) is 32.1 Å².